The number of carbonyl (C=O) groups excluding carboxylic acids is 2. The van der Waals surface area contributed by atoms with Gasteiger partial charge in [0.05, 0.1) is 0 Å². The molecule has 0 unspecified atom stereocenters. The van der Waals surface area contributed by atoms with E-state index >= 15 is 0 Å². The van der Waals surface area contributed by atoms with Crippen LogP contribution in [0.2, 0.25) is 0 Å². The molecule has 0 aliphatic heterocycles. The zero-order valence-corrected chi connectivity index (χ0v) is 26.4. The van der Waals surface area contributed by atoms with Gasteiger partial charge in [0.25, 0.3) is 0 Å². The predicted molar refractivity (Wildman–Crippen MR) is 186 cm³/mol. The van der Waals surface area contributed by atoms with Crippen molar-refractivity contribution in [2.45, 2.75) is 38.5 Å². The first-order valence-electron chi connectivity index (χ1n) is 16.0. The quantitative estimate of drug-likeness (QED) is 0.200. The normalized spacial score (nSPS) is 15.8. The maximum atomic E-state index is 13.9. The van der Waals surface area contributed by atoms with Gasteiger partial charge in [-0.1, -0.05) is 113 Å². The molecule has 0 fully saturated rings. The van der Waals surface area contributed by atoms with E-state index in [0.29, 0.717) is 22.3 Å². The lowest BCUT2D eigenvalue weighted by atomic mass is 9.79. The fourth-order valence-corrected chi connectivity index (χ4v) is 8.28. The number of rotatable bonds is 2. The van der Waals surface area contributed by atoms with Crippen LogP contribution in [0.3, 0.4) is 0 Å². The molecular weight excluding hydrogens is 560 g/mol. The molecule has 6 aromatic carbocycles. The smallest absolute Gasteiger partial charge is 0.194 e. The van der Waals surface area contributed by atoms with E-state index in [0.717, 1.165) is 22.3 Å². The van der Waals surface area contributed by atoms with Gasteiger partial charge in [-0.05, 0) is 103 Å². The minimum atomic E-state index is -0.114. The van der Waals surface area contributed by atoms with E-state index in [1.165, 1.54) is 44.5 Å². The van der Waals surface area contributed by atoms with Gasteiger partial charge < -0.3 is 0 Å². The molecule has 0 N–H and O–H groups in total. The van der Waals surface area contributed by atoms with Crippen molar-refractivity contribution >= 4 is 11.6 Å². The first-order valence-corrected chi connectivity index (χ1v) is 16.0. The Bertz CT molecular complexity index is 2180. The van der Waals surface area contributed by atoms with E-state index in [2.05, 4.69) is 113 Å². The Balaban J connectivity index is 1.08. The summed E-state index contributed by atoms with van der Waals surface area (Å²) in [4.78, 5) is 27.9. The molecule has 0 saturated carbocycles. The van der Waals surface area contributed by atoms with Crippen LogP contribution in [-0.4, -0.2) is 11.6 Å². The fraction of sp³-hybridized carbons (Fsp3) is 0.136. The van der Waals surface area contributed by atoms with Crippen LogP contribution in [0.15, 0.2) is 121 Å². The second-order valence-corrected chi connectivity index (χ2v) is 14.0. The van der Waals surface area contributed by atoms with Gasteiger partial charge in [0.15, 0.2) is 11.6 Å². The molecule has 0 heterocycles. The predicted octanol–water partition coefficient (Wildman–Crippen LogP) is 10.4. The maximum Gasteiger partial charge on any atom is 0.194 e. The van der Waals surface area contributed by atoms with Crippen LogP contribution in [0.25, 0.3) is 44.5 Å². The van der Waals surface area contributed by atoms with E-state index < -0.39 is 0 Å². The Kier molecular flexibility index (Phi) is 5.35. The van der Waals surface area contributed by atoms with Crippen LogP contribution >= 0.6 is 0 Å². The largest absolute Gasteiger partial charge is 0.289 e. The third kappa shape index (κ3) is 3.53. The molecule has 2 nitrogen and oxygen atoms in total. The van der Waals surface area contributed by atoms with Crippen molar-refractivity contribution < 1.29 is 9.59 Å². The lowest BCUT2D eigenvalue weighted by molar-refractivity contribution is 0.0979. The summed E-state index contributed by atoms with van der Waals surface area (Å²) in [6, 6.07) is 41.8. The van der Waals surface area contributed by atoms with E-state index in [-0.39, 0.29) is 22.4 Å². The standard InChI is InChI=1S/C44H32O2/c1-43(2)37-11-7-5-9-29(37)31-17-13-27(23-39(31)43)25-15-19-33-35(21-25)41(45)34-20-16-26(22-36(34)42(33)46)28-14-18-32-30-10-6-8-12-38(30)44(3,4)40(32)24-28/h5-24H,1-4H3. The number of ketones is 2. The average molecular weight is 593 g/mol. The first kappa shape index (κ1) is 27.0. The van der Waals surface area contributed by atoms with Gasteiger partial charge in [-0.3, -0.25) is 9.59 Å². The van der Waals surface area contributed by atoms with Gasteiger partial charge >= 0.3 is 0 Å². The molecule has 0 amide bonds. The first-order chi connectivity index (χ1) is 22.1. The molecule has 6 aromatic rings. The summed E-state index contributed by atoms with van der Waals surface area (Å²) in [6.07, 6.45) is 0. The Morgan fingerprint density at radius 3 is 1.07 bits per heavy atom. The average Bonchev–Trinajstić information content (AvgIpc) is 3.46. The van der Waals surface area contributed by atoms with Crippen LogP contribution < -0.4 is 0 Å². The molecule has 0 aromatic heterocycles. The topological polar surface area (TPSA) is 34.1 Å². The second-order valence-electron chi connectivity index (χ2n) is 14.0. The van der Waals surface area contributed by atoms with Gasteiger partial charge in [-0.15, -0.1) is 0 Å². The molecule has 3 aliphatic rings. The highest BCUT2D eigenvalue weighted by molar-refractivity contribution is 6.29. The number of hydrogen-bond donors (Lipinski definition) is 0. The summed E-state index contributed by atoms with van der Waals surface area (Å²) < 4.78 is 0. The zero-order valence-electron chi connectivity index (χ0n) is 26.4. The summed E-state index contributed by atoms with van der Waals surface area (Å²) in [6.45, 7) is 9.07. The number of fused-ring (bicyclic) bond motifs is 8. The minimum Gasteiger partial charge on any atom is -0.289 e. The second kappa shape index (κ2) is 9.11. The van der Waals surface area contributed by atoms with Crippen molar-refractivity contribution in [3.63, 3.8) is 0 Å². The summed E-state index contributed by atoms with van der Waals surface area (Å²) in [7, 11) is 0. The maximum absolute atomic E-state index is 13.9. The summed E-state index contributed by atoms with van der Waals surface area (Å²) in [5.41, 5.74) is 15.9. The van der Waals surface area contributed by atoms with Gasteiger partial charge in [-0.2, -0.15) is 0 Å². The molecule has 2 heteroatoms. The number of benzene rings is 6. The summed E-state index contributed by atoms with van der Waals surface area (Å²) in [5.74, 6) is -0.199. The van der Waals surface area contributed by atoms with Crippen molar-refractivity contribution in [2.75, 3.05) is 0 Å². The molecule has 9 rings (SSSR count). The highest BCUT2D eigenvalue weighted by Gasteiger charge is 2.37. The van der Waals surface area contributed by atoms with Crippen molar-refractivity contribution in [1.82, 2.24) is 0 Å². The van der Waals surface area contributed by atoms with Gasteiger partial charge in [-0.25, -0.2) is 0 Å². The monoisotopic (exact) mass is 592 g/mol. The zero-order chi connectivity index (χ0) is 31.5. The lowest BCUT2D eigenvalue weighted by Gasteiger charge is -2.23. The highest BCUT2D eigenvalue weighted by atomic mass is 16.1. The molecule has 0 atom stereocenters. The number of hydrogen-bond acceptors (Lipinski definition) is 2. The lowest BCUT2D eigenvalue weighted by Crippen LogP contribution is -2.21. The Morgan fingerprint density at radius 1 is 0.326 bits per heavy atom. The van der Waals surface area contributed by atoms with E-state index in [4.69, 9.17) is 0 Å². The fourth-order valence-electron chi connectivity index (χ4n) is 8.28. The molecule has 0 radical (unpaired) electrons. The van der Waals surface area contributed by atoms with Crippen molar-refractivity contribution in [3.8, 4) is 44.5 Å². The molecule has 220 valence electrons. The van der Waals surface area contributed by atoms with Gasteiger partial charge in [0.1, 0.15) is 0 Å². The Morgan fingerprint density at radius 2 is 0.652 bits per heavy atom. The van der Waals surface area contributed by atoms with E-state index in [1.54, 1.807) is 0 Å². The SMILES string of the molecule is CC1(C)c2ccccc2-c2ccc(-c3ccc4c(c3)C(=O)c3ccc(-c5ccc6c(c5)C(C)(C)c5ccccc5-6)cc3C4=O)cc21. The molecule has 0 spiro atoms. The third-order valence-corrected chi connectivity index (χ3v) is 10.9. The van der Waals surface area contributed by atoms with E-state index in [9.17, 15) is 9.59 Å². The van der Waals surface area contributed by atoms with E-state index in [1.807, 2.05) is 36.4 Å². The number of carbonyl (C=O) groups is 2. The van der Waals surface area contributed by atoms with Crippen LogP contribution in [0.5, 0.6) is 0 Å². The van der Waals surface area contributed by atoms with Crippen LogP contribution in [0.1, 0.15) is 81.8 Å². The van der Waals surface area contributed by atoms with Crippen LogP contribution in [-0.2, 0) is 10.8 Å². The molecule has 0 bridgehead atoms. The van der Waals surface area contributed by atoms with Crippen LogP contribution in [0, 0.1) is 0 Å². The van der Waals surface area contributed by atoms with Crippen molar-refractivity contribution in [2.24, 2.45) is 0 Å². The Hall–Kier alpha value is -5.34. The summed E-state index contributed by atoms with van der Waals surface area (Å²) >= 11 is 0. The van der Waals surface area contributed by atoms with Crippen molar-refractivity contribution in [3.05, 3.63) is 166 Å². The highest BCUT2D eigenvalue weighted by Crippen LogP contribution is 2.51. The van der Waals surface area contributed by atoms with Crippen molar-refractivity contribution in [1.29, 1.82) is 0 Å². The minimum absolute atomic E-state index is 0.0996. The molecule has 0 saturated heterocycles. The molecular formula is C44H32O2. The van der Waals surface area contributed by atoms with Gasteiger partial charge in [0, 0.05) is 33.1 Å². The molecule has 46 heavy (non-hydrogen) atoms. The Labute approximate surface area is 269 Å². The van der Waals surface area contributed by atoms with Crippen LogP contribution in [0.4, 0.5) is 0 Å². The third-order valence-electron chi connectivity index (χ3n) is 10.9. The van der Waals surface area contributed by atoms with Gasteiger partial charge in [0.2, 0.25) is 0 Å². The summed E-state index contributed by atoms with van der Waals surface area (Å²) in [5, 5.41) is 0. The molecule has 3 aliphatic carbocycles.